The van der Waals surface area contributed by atoms with Crippen molar-refractivity contribution in [1.82, 2.24) is 10.1 Å². The second kappa shape index (κ2) is 3.84. The second-order valence-electron chi connectivity index (χ2n) is 4.20. The Balaban J connectivity index is 1.81. The molecule has 8 heteroatoms. The lowest BCUT2D eigenvalue weighted by Gasteiger charge is -1.99. The summed E-state index contributed by atoms with van der Waals surface area (Å²) in [4.78, 5) is 3.98. The number of furan rings is 1. The summed E-state index contributed by atoms with van der Waals surface area (Å²) in [7, 11) is -3.79. The monoisotopic (exact) mass is 269 g/mol. The first-order valence-corrected chi connectivity index (χ1v) is 6.96. The first-order valence-electron chi connectivity index (χ1n) is 5.47. The highest BCUT2D eigenvalue weighted by Crippen LogP contribution is 2.39. The van der Waals surface area contributed by atoms with Gasteiger partial charge < -0.3 is 8.94 Å². The number of nitrogens with zero attached hydrogens (tertiary/aromatic N) is 2. The molecule has 0 amide bonds. The molecule has 18 heavy (non-hydrogen) atoms. The van der Waals surface area contributed by atoms with Crippen LogP contribution in [0, 0.1) is 6.92 Å². The highest BCUT2D eigenvalue weighted by molar-refractivity contribution is 7.92. The van der Waals surface area contributed by atoms with E-state index in [0.717, 1.165) is 12.8 Å². The van der Waals surface area contributed by atoms with Crippen LogP contribution in [0.5, 0.6) is 0 Å². The summed E-state index contributed by atoms with van der Waals surface area (Å²) in [5, 5.41) is 3.41. The van der Waals surface area contributed by atoms with E-state index in [1.807, 2.05) is 0 Å². The van der Waals surface area contributed by atoms with Crippen LogP contribution in [0.25, 0.3) is 0 Å². The number of anilines is 1. The van der Waals surface area contributed by atoms with Gasteiger partial charge in [0.2, 0.25) is 11.0 Å². The quantitative estimate of drug-likeness (QED) is 0.906. The smallest absolute Gasteiger partial charge is 0.297 e. The Kier molecular flexibility index (Phi) is 2.40. The van der Waals surface area contributed by atoms with Crippen molar-refractivity contribution >= 4 is 16.0 Å². The van der Waals surface area contributed by atoms with Crippen LogP contribution in [0.15, 0.2) is 26.2 Å². The number of sulfonamides is 1. The molecule has 0 atom stereocenters. The summed E-state index contributed by atoms with van der Waals surface area (Å²) in [5.74, 6) is 1.21. The molecule has 3 rings (SSSR count). The molecule has 0 aliphatic heterocycles. The van der Waals surface area contributed by atoms with Gasteiger partial charge in [0, 0.05) is 5.92 Å². The molecule has 0 saturated heterocycles. The van der Waals surface area contributed by atoms with Crippen LogP contribution in [-0.2, 0) is 10.0 Å². The van der Waals surface area contributed by atoms with Gasteiger partial charge in [-0.3, -0.25) is 0 Å². The molecule has 0 radical (unpaired) electrons. The Morgan fingerprint density at radius 2 is 2.17 bits per heavy atom. The van der Waals surface area contributed by atoms with Crippen molar-refractivity contribution < 1.29 is 17.4 Å². The van der Waals surface area contributed by atoms with Crippen molar-refractivity contribution in [1.29, 1.82) is 0 Å². The number of aromatic nitrogens is 2. The summed E-state index contributed by atoms with van der Waals surface area (Å²) in [6.45, 7) is 1.67. The van der Waals surface area contributed by atoms with Crippen LogP contribution in [0.4, 0.5) is 5.95 Å². The molecule has 1 N–H and O–H groups in total. The van der Waals surface area contributed by atoms with E-state index in [9.17, 15) is 8.42 Å². The maximum atomic E-state index is 11.9. The lowest BCUT2D eigenvalue weighted by atomic mass is 10.4. The van der Waals surface area contributed by atoms with Gasteiger partial charge in [-0.2, -0.15) is 13.4 Å². The fourth-order valence-corrected chi connectivity index (χ4v) is 2.41. The topological polar surface area (TPSA) is 98.2 Å². The Morgan fingerprint density at radius 1 is 1.39 bits per heavy atom. The van der Waals surface area contributed by atoms with Gasteiger partial charge in [0.15, 0.2) is 0 Å². The van der Waals surface area contributed by atoms with Crippen molar-refractivity contribution in [2.45, 2.75) is 30.8 Å². The van der Waals surface area contributed by atoms with Gasteiger partial charge in [-0.1, -0.05) is 0 Å². The standard InChI is InChI=1S/C10H11N3O4S/c1-6-2-5-8(16-6)18(14,15)13-10-11-9(17-12-10)7-3-4-7/h2,5,7H,3-4H2,1H3,(H,12,13). The molecule has 96 valence electrons. The van der Waals surface area contributed by atoms with Gasteiger partial charge >= 0.3 is 0 Å². The van der Waals surface area contributed by atoms with E-state index in [4.69, 9.17) is 8.94 Å². The van der Waals surface area contributed by atoms with Crippen molar-refractivity contribution in [3.63, 3.8) is 0 Å². The minimum absolute atomic E-state index is 0.0639. The number of hydrogen-bond donors (Lipinski definition) is 1. The van der Waals surface area contributed by atoms with E-state index < -0.39 is 10.0 Å². The average molecular weight is 269 g/mol. The Bertz CT molecular complexity index is 669. The lowest BCUT2D eigenvalue weighted by molar-refractivity contribution is 0.380. The summed E-state index contributed by atoms with van der Waals surface area (Å²) in [6, 6.07) is 2.94. The molecule has 1 aliphatic rings. The van der Waals surface area contributed by atoms with Gasteiger partial charge in [0.05, 0.1) is 0 Å². The largest absolute Gasteiger partial charge is 0.448 e. The number of hydrogen-bond acceptors (Lipinski definition) is 6. The lowest BCUT2D eigenvalue weighted by Crippen LogP contribution is -2.13. The first kappa shape index (κ1) is 11.3. The normalized spacial score (nSPS) is 15.8. The third-order valence-electron chi connectivity index (χ3n) is 2.57. The van der Waals surface area contributed by atoms with Gasteiger partial charge in [-0.25, -0.2) is 4.72 Å². The zero-order valence-electron chi connectivity index (χ0n) is 9.58. The number of aryl methyl sites for hydroxylation is 1. The molecule has 0 aromatic carbocycles. The van der Waals surface area contributed by atoms with E-state index in [-0.39, 0.29) is 17.0 Å². The highest BCUT2D eigenvalue weighted by Gasteiger charge is 2.30. The molecule has 1 saturated carbocycles. The molecule has 2 aromatic heterocycles. The molecule has 1 aliphatic carbocycles. The van der Waals surface area contributed by atoms with Gasteiger partial charge in [0.1, 0.15) is 5.76 Å². The van der Waals surface area contributed by atoms with Crippen LogP contribution in [0.1, 0.15) is 30.4 Å². The summed E-state index contributed by atoms with van der Waals surface area (Å²) in [6.07, 6.45) is 2.01. The Hall–Kier alpha value is -1.83. The van der Waals surface area contributed by atoms with Crippen LogP contribution in [0.2, 0.25) is 0 Å². The van der Waals surface area contributed by atoms with Gasteiger partial charge in [0.25, 0.3) is 16.0 Å². The van der Waals surface area contributed by atoms with E-state index in [0.29, 0.717) is 11.7 Å². The Labute approximate surface area is 103 Å². The Morgan fingerprint density at radius 3 is 2.78 bits per heavy atom. The molecule has 2 heterocycles. The second-order valence-corrected chi connectivity index (χ2v) is 5.81. The summed E-state index contributed by atoms with van der Waals surface area (Å²) >= 11 is 0. The molecule has 0 spiro atoms. The molecule has 0 unspecified atom stereocenters. The van der Waals surface area contributed by atoms with Crippen molar-refractivity contribution in [3.05, 3.63) is 23.8 Å². The fourth-order valence-electron chi connectivity index (χ4n) is 1.50. The number of rotatable bonds is 4. The van der Waals surface area contributed by atoms with E-state index in [2.05, 4.69) is 14.9 Å². The molecule has 1 fully saturated rings. The minimum Gasteiger partial charge on any atom is -0.448 e. The van der Waals surface area contributed by atoms with Crippen molar-refractivity contribution in [2.75, 3.05) is 4.72 Å². The van der Waals surface area contributed by atoms with Crippen LogP contribution >= 0.6 is 0 Å². The summed E-state index contributed by atoms with van der Waals surface area (Å²) in [5.41, 5.74) is 0. The molecule has 2 aromatic rings. The predicted octanol–water partition coefficient (Wildman–Crippen LogP) is 1.65. The third-order valence-corrected chi connectivity index (χ3v) is 3.77. The molecular weight excluding hydrogens is 258 g/mol. The van der Waals surface area contributed by atoms with Crippen molar-refractivity contribution in [2.24, 2.45) is 0 Å². The minimum atomic E-state index is -3.79. The van der Waals surface area contributed by atoms with Crippen LogP contribution < -0.4 is 4.72 Å². The van der Waals surface area contributed by atoms with E-state index in [1.54, 1.807) is 13.0 Å². The molecule has 0 bridgehead atoms. The van der Waals surface area contributed by atoms with E-state index in [1.165, 1.54) is 6.07 Å². The van der Waals surface area contributed by atoms with Gasteiger partial charge in [-0.15, -0.1) is 0 Å². The van der Waals surface area contributed by atoms with Crippen LogP contribution in [-0.4, -0.2) is 18.6 Å². The first-order chi connectivity index (χ1) is 8.54. The fraction of sp³-hybridized carbons (Fsp3) is 0.400. The molecular formula is C10H11N3O4S. The predicted molar refractivity (Wildman–Crippen MR) is 60.5 cm³/mol. The zero-order chi connectivity index (χ0) is 12.8. The summed E-state index contributed by atoms with van der Waals surface area (Å²) < 4.78 is 36.0. The maximum Gasteiger partial charge on any atom is 0.297 e. The highest BCUT2D eigenvalue weighted by atomic mass is 32.2. The third kappa shape index (κ3) is 2.10. The average Bonchev–Trinajstić information content (AvgIpc) is 2.89. The van der Waals surface area contributed by atoms with Crippen LogP contribution in [0.3, 0.4) is 0 Å². The molecule has 7 nitrogen and oxygen atoms in total. The maximum absolute atomic E-state index is 11.9. The van der Waals surface area contributed by atoms with Crippen molar-refractivity contribution in [3.8, 4) is 0 Å². The number of nitrogens with one attached hydrogen (secondary N) is 1. The van der Waals surface area contributed by atoms with Gasteiger partial charge in [-0.05, 0) is 37.1 Å². The SMILES string of the molecule is Cc1ccc(S(=O)(=O)Nc2noc(C3CC3)n2)o1. The van der Waals surface area contributed by atoms with E-state index >= 15 is 0 Å². The zero-order valence-corrected chi connectivity index (χ0v) is 10.4.